The summed E-state index contributed by atoms with van der Waals surface area (Å²) in [5.41, 5.74) is 1.92. The van der Waals surface area contributed by atoms with E-state index in [1.165, 1.54) is 0 Å². The summed E-state index contributed by atoms with van der Waals surface area (Å²) in [7, 11) is 0. The molecular weight excluding hydrogens is 284 g/mol. The fourth-order valence-electron chi connectivity index (χ4n) is 2.21. The maximum absolute atomic E-state index is 6.09. The molecule has 0 bridgehead atoms. The first kappa shape index (κ1) is 13.5. The Balaban J connectivity index is 1.92. The molecule has 0 amide bonds. The van der Waals surface area contributed by atoms with Crippen LogP contribution in [0.4, 0.5) is 0 Å². The van der Waals surface area contributed by atoms with Gasteiger partial charge in [0, 0.05) is 0 Å². The van der Waals surface area contributed by atoms with E-state index in [0.717, 1.165) is 16.9 Å². The summed E-state index contributed by atoms with van der Waals surface area (Å²) < 4.78 is 7.73. The van der Waals surface area contributed by atoms with Crippen molar-refractivity contribution in [1.82, 2.24) is 9.55 Å². The minimum absolute atomic E-state index is 0.320. The molecule has 2 aromatic carbocycles. The summed E-state index contributed by atoms with van der Waals surface area (Å²) in [5, 5.41) is 0.581. The average Bonchev–Trinajstić information content (AvgIpc) is 2.85. The number of imidazole rings is 1. The van der Waals surface area contributed by atoms with Gasteiger partial charge in [0.15, 0.2) is 0 Å². The van der Waals surface area contributed by atoms with Gasteiger partial charge in [0.2, 0.25) is 0 Å². The van der Waals surface area contributed by atoms with Crippen molar-refractivity contribution in [3.05, 3.63) is 59.4 Å². The molecule has 1 aromatic heterocycles. The van der Waals surface area contributed by atoms with Crippen LogP contribution in [0, 0.1) is 12.3 Å². The Labute approximate surface area is 128 Å². The van der Waals surface area contributed by atoms with Crippen molar-refractivity contribution in [2.75, 3.05) is 0 Å². The molecule has 0 aliphatic carbocycles. The van der Waals surface area contributed by atoms with E-state index in [0.29, 0.717) is 23.9 Å². The number of hydrogen-bond acceptors (Lipinski definition) is 2. The molecule has 0 aliphatic heterocycles. The van der Waals surface area contributed by atoms with Crippen LogP contribution < -0.4 is 4.74 Å². The second-order valence-electron chi connectivity index (χ2n) is 4.53. The number of rotatable bonds is 4. The van der Waals surface area contributed by atoms with Crippen molar-refractivity contribution in [2.45, 2.75) is 13.2 Å². The van der Waals surface area contributed by atoms with Gasteiger partial charge in [0.25, 0.3) is 0 Å². The summed E-state index contributed by atoms with van der Waals surface area (Å²) in [6.07, 6.45) is 5.45. The van der Waals surface area contributed by atoms with E-state index < -0.39 is 0 Å². The molecule has 1 heterocycles. The summed E-state index contributed by atoms with van der Waals surface area (Å²) >= 11 is 6.09. The third-order valence-electron chi connectivity index (χ3n) is 3.18. The maximum atomic E-state index is 6.09. The zero-order chi connectivity index (χ0) is 14.7. The van der Waals surface area contributed by atoms with E-state index in [9.17, 15) is 0 Å². The Kier molecular flexibility index (Phi) is 3.81. The lowest BCUT2D eigenvalue weighted by atomic mass is 10.3. The summed E-state index contributed by atoms with van der Waals surface area (Å²) in [6.45, 7) is 0.780. The zero-order valence-corrected chi connectivity index (χ0v) is 12.0. The third-order valence-corrected chi connectivity index (χ3v) is 3.49. The molecule has 0 aliphatic rings. The number of nitrogens with zero attached hydrogens (tertiary/aromatic N) is 2. The summed E-state index contributed by atoms with van der Waals surface area (Å²) in [5.74, 6) is 4.08. The van der Waals surface area contributed by atoms with Crippen LogP contribution in [0.25, 0.3) is 11.0 Å². The van der Waals surface area contributed by atoms with Crippen molar-refractivity contribution < 1.29 is 4.74 Å². The number of aromatic nitrogens is 2. The predicted molar refractivity (Wildman–Crippen MR) is 84.4 cm³/mol. The van der Waals surface area contributed by atoms with Gasteiger partial charge in [0.05, 0.1) is 22.6 Å². The Morgan fingerprint density at radius 3 is 2.71 bits per heavy atom. The van der Waals surface area contributed by atoms with E-state index >= 15 is 0 Å². The minimum atomic E-state index is 0.320. The standard InChI is InChI=1S/C17H13ClN2O/c1-2-11-20-15-9-5-4-8-14(15)19-17(20)12-21-16-10-6-3-7-13(16)18/h1,3-10H,11-12H2. The van der Waals surface area contributed by atoms with Gasteiger partial charge in [-0.15, -0.1) is 6.42 Å². The van der Waals surface area contributed by atoms with Crippen molar-refractivity contribution >= 4 is 22.6 Å². The quantitative estimate of drug-likeness (QED) is 0.683. The van der Waals surface area contributed by atoms with Crippen LogP contribution in [-0.2, 0) is 13.2 Å². The largest absolute Gasteiger partial charge is 0.484 e. The first-order valence-electron chi connectivity index (χ1n) is 6.54. The lowest BCUT2D eigenvalue weighted by Gasteiger charge is -2.09. The topological polar surface area (TPSA) is 27.1 Å². The highest BCUT2D eigenvalue weighted by atomic mass is 35.5. The lowest BCUT2D eigenvalue weighted by molar-refractivity contribution is 0.292. The molecule has 4 heteroatoms. The fourth-order valence-corrected chi connectivity index (χ4v) is 2.40. The molecule has 0 spiro atoms. The maximum Gasteiger partial charge on any atom is 0.148 e. The summed E-state index contributed by atoms with van der Waals surface area (Å²) in [6, 6.07) is 15.2. The molecule has 0 N–H and O–H groups in total. The normalized spacial score (nSPS) is 10.5. The Morgan fingerprint density at radius 2 is 1.90 bits per heavy atom. The van der Waals surface area contributed by atoms with Crippen LogP contribution in [-0.4, -0.2) is 9.55 Å². The van der Waals surface area contributed by atoms with Gasteiger partial charge in [0.1, 0.15) is 18.2 Å². The molecule has 21 heavy (non-hydrogen) atoms. The van der Waals surface area contributed by atoms with Crippen molar-refractivity contribution in [3.8, 4) is 18.1 Å². The minimum Gasteiger partial charge on any atom is -0.484 e. The second-order valence-corrected chi connectivity index (χ2v) is 4.93. The molecule has 0 fully saturated rings. The van der Waals surface area contributed by atoms with Crippen LogP contribution >= 0.6 is 11.6 Å². The van der Waals surface area contributed by atoms with Crippen LogP contribution in [0.5, 0.6) is 5.75 Å². The Bertz CT molecular complexity index is 817. The summed E-state index contributed by atoms with van der Waals surface area (Å²) in [4.78, 5) is 4.58. The second kappa shape index (κ2) is 5.90. The highest BCUT2D eigenvalue weighted by Gasteiger charge is 2.10. The molecule has 0 saturated heterocycles. The SMILES string of the molecule is C#CCn1c(COc2ccccc2Cl)nc2ccccc21. The lowest BCUT2D eigenvalue weighted by Crippen LogP contribution is -2.06. The van der Waals surface area contributed by atoms with Gasteiger partial charge in [-0.3, -0.25) is 0 Å². The number of hydrogen-bond donors (Lipinski definition) is 0. The molecule has 0 radical (unpaired) electrons. The third kappa shape index (κ3) is 2.72. The van der Waals surface area contributed by atoms with Gasteiger partial charge in [-0.1, -0.05) is 41.8 Å². The highest BCUT2D eigenvalue weighted by Crippen LogP contribution is 2.24. The van der Waals surface area contributed by atoms with E-state index in [2.05, 4.69) is 10.9 Å². The van der Waals surface area contributed by atoms with E-state index in [4.69, 9.17) is 22.8 Å². The van der Waals surface area contributed by atoms with Crippen LogP contribution in [0.15, 0.2) is 48.5 Å². The number of halogens is 1. The molecule has 3 aromatic rings. The average molecular weight is 297 g/mol. The number of para-hydroxylation sites is 3. The van der Waals surface area contributed by atoms with Gasteiger partial charge in [-0.05, 0) is 24.3 Å². The van der Waals surface area contributed by atoms with E-state index in [1.807, 2.05) is 47.0 Å². The molecule has 0 atom stereocenters. The zero-order valence-electron chi connectivity index (χ0n) is 11.3. The first-order chi connectivity index (χ1) is 10.3. The molecule has 104 valence electrons. The Morgan fingerprint density at radius 1 is 1.14 bits per heavy atom. The monoisotopic (exact) mass is 296 g/mol. The van der Waals surface area contributed by atoms with Gasteiger partial charge in [-0.2, -0.15) is 0 Å². The van der Waals surface area contributed by atoms with Crippen molar-refractivity contribution in [3.63, 3.8) is 0 Å². The fraction of sp³-hybridized carbons (Fsp3) is 0.118. The van der Waals surface area contributed by atoms with E-state index in [1.54, 1.807) is 6.07 Å². The number of fused-ring (bicyclic) bond motifs is 1. The van der Waals surface area contributed by atoms with E-state index in [-0.39, 0.29) is 0 Å². The van der Waals surface area contributed by atoms with Crippen LogP contribution in [0.1, 0.15) is 5.82 Å². The molecule has 3 rings (SSSR count). The van der Waals surface area contributed by atoms with Gasteiger partial charge >= 0.3 is 0 Å². The number of ether oxygens (including phenoxy) is 1. The first-order valence-corrected chi connectivity index (χ1v) is 6.92. The van der Waals surface area contributed by atoms with Gasteiger partial charge < -0.3 is 9.30 Å². The number of benzene rings is 2. The Hall–Kier alpha value is -2.44. The van der Waals surface area contributed by atoms with Crippen LogP contribution in [0.2, 0.25) is 5.02 Å². The smallest absolute Gasteiger partial charge is 0.148 e. The van der Waals surface area contributed by atoms with Gasteiger partial charge in [-0.25, -0.2) is 4.98 Å². The van der Waals surface area contributed by atoms with Crippen molar-refractivity contribution in [2.24, 2.45) is 0 Å². The molecular formula is C17H13ClN2O. The molecule has 3 nitrogen and oxygen atoms in total. The molecule has 0 saturated carbocycles. The molecule has 0 unspecified atom stereocenters. The predicted octanol–water partition coefficient (Wildman–Crippen LogP) is 3.90. The number of terminal acetylenes is 1. The van der Waals surface area contributed by atoms with Crippen molar-refractivity contribution in [1.29, 1.82) is 0 Å². The van der Waals surface area contributed by atoms with Crippen LogP contribution in [0.3, 0.4) is 0 Å². The highest BCUT2D eigenvalue weighted by molar-refractivity contribution is 6.32.